The Labute approximate surface area is 325 Å². The number of hydrogen-bond acceptors (Lipinski definition) is 17. The SMILES string of the molecule is CCOC(=O)c1cn[nH]c1N=Nc1c(S(=O)(=O)O)cc2cc(NC(=O)Nc3ccc4c(O)c(N=Nc5[nH]ncc5C(=O)OCC)c(S(=O)(=O)O)cc4c3)ccc2c1O. The van der Waals surface area contributed by atoms with E-state index in [0.717, 1.165) is 24.5 Å². The zero-order valence-electron chi connectivity index (χ0n) is 29.7. The van der Waals surface area contributed by atoms with Crippen molar-refractivity contribution in [2.24, 2.45) is 20.5 Å². The predicted molar refractivity (Wildman–Crippen MR) is 201 cm³/mol. The summed E-state index contributed by atoms with van der Waals surface area (Å²) >= 11 is 0. The molecular weight excluding hydrogens is 809 g/mol. The number of nitrogens with one attached hydrogen (secondary N) is 4. The van der Waals surface area contributed by atoms with Crippen LogP contribution >= 0.6 is 0 Å². The van der Waals surface area contributed by atoms with Crippen LogP contribution in [0.1, 0.15) is 34.6 Å². The van der Waals surface area contributed by atoms with Gasteiger partial charge >= 0.3 is 18.0 Å². The minimum absolute atomic E-state index is 0.0205. The molecule has 0 spiro atoms. The summed E-state index contributed by atoms with van der Waals surface area (Å²) in [5.41, 5.74) is -1.47. The number of fused-ring (bicyclic) bond motifs is 2. The third kappa shape index (κ3) is 8.40. The van der Waals surface area contributed by atoms with E-state index in [4.69, 9.17) is 9.47 Å². The summed E-state index contributed by atoms with van der Waals surface area (Å²) in [7, 11) is -10.1. The Morgan fingerprint density at radius 1 is 0.655 bits per heavy atom. The largest absolute Gasteiger partial charge is 0.505 e. The molecule has 300 valence electrons. The van der Waals surface area contributed by atoms with Crippen molar-refractivity contribution in [3.63, 3.8) is 0 Å². The Hall–Kier alpha value is -7.35. The number of H-pyrrole nitrogens is 2. The van der Waals surface area contributed by atoms with Crippen molar-refractivity contribution < 1.29 is 60.0 Å². The van der Waals surface area contributed by atoms with Gasteiger partial charge in [0, 0.05) is 22.1 Å². The highest BCUT2D eigenvalue weighted by atomic mass is 32.2. The number of aromatic amines is 2. The number of anilines is 2. The first-order valence-electron chi connectivity index (χ1n) is 16.4. The number of phenols is 2. The third-order valence-electron chi connectivity index (χ3n) is 7.90. The van der Waals surface area contributed by atoms with Gasteiger partial charge in [-0.3, -0.25) is 19.3 Å². The average molecular weight is 837 g/mol. The minimum Gasteiger partial charge on any atom is -0.505 e. The number of aromatic nitrogens is 4. The molecule has 0 unspecified atom stereocenters. The van der Waals surface area contributed by atoms with Crippen LogP contribution in [0.15, 0.2) is 91.2 Å². The van der Waals surface area contributed by atoms with Crippen molar-refractivity contribution in [1.29, 1.82) is 0 Å². The maximum atomic E-state index is 13.0. The predicted octanol–water partition coefficient (Wildman–Crippen LogP) is 6.17. The van der Waals surface area contributed by atoms with Crippen LogP contribution in [0, 0.1) is 0 Å². The lowest BCUT2D eigenvalue weighted by Crippen LogP contribution is -2.19. The molecule has 0 bridgehead atoms. The van der Waals surface area contributed by atoms with E-state index in [9.17, 15) is 50.5 Å². The van der Waals surface area contributed by atoms with Crippen LogP contribution in [-0.2, 0) is 29.7 Å². The number of ether oxygens (including phenoxy) is 2. The van der Waals surface area contributed by atoms with Crippen molar-refractivity contribution in [2.75, 3.05) is 23.8 Å². The zero-order valence-corrected chi connectivity index (χ0v) is 31.3. The minimum atomic E-state index is -5.04. The van der Waals surface area contributed by atoms with Crippen molar-refractivity contribution in [1.82, 2.24) is 20.4 Å². The van der Waals surface area contributed by atoms with E-state index >= 15 is 0 Å². The molecular formula is C33H28N10O13S2. The van der Waals surface area contributed by atoms with Gasteiger partial charge < -0.3 is 30.3 Å². The van der Waals surface area contributed by atoms with E-state index in [1.165, 1.54) is 36.4 Å². The average Bonchev–Trinajstić information content (AvgIpc) is 3.83. The van der Waals surface area contributed by atoms with Crippen molar-refractivity contribution in [3.05, 3.63) is 72.1 Å². The molecule has 23 nitrogen and oxygen atoms in total. The number of amides is 2. The standard InChI is InChI=1S/C33H28N10O13S2/c1-3-55-31(46)21-13-34-40-29(21)42-38-25-23(57(49,50)51)11-15-9-17(5-7-19(15)27(25)44)36-33(48)37-18-6-8-20-16(10-18)12-24(58(52,53)54)26(28(20)45)39-43-30-22(14-35-41-30)32(47)56-4-2/h5-14,44-45H,3-4H2,1-2H3,(H,34,40)(H,35,41)(H2,36,37,48)(H,49,50,51)(H,52,53,54). The van der Waals surface area contributed by atoms with Gasteiger partial charge in [0.15, 0.2) is 23.1 Å². The molecule has 0 fully saturated rings. The highest BCUT2D eigenvalue weighted by molar-refractivity contribution is 7.86. The molecule has 8 N–H and O–H groups in total. The highest BCUT2D eigenvalue weighted by Crippen LogP contribution is 2.43. The number of rotatable bonds is 12. The summed E-state index contributed by atoms with van der Waals surface area (Å²) in [6.45, 7) is 3.24. The van der Waals surface area contributed by atoms with Crippen molar-refractivity contribution in [2.45, 2.75) is 23.6 Å². The molecule has 0 atom stereocenters. The van der Waals surface area contributed by atoms with Crippen LogP contribution in [0.5, 0.6) is 11.5 Å². The number of aromatic hydroxyl groups is 2. The Balaban J connectivity index is 1.26. The number of nitrogens with zero attached hydrogens (tertiary/aromatic N) is 6. The van der Waals surface area contributed by atoms with Gasteiger partial charge in [0.1, 0.15) is 32.3 Å². The van der Waals surface area contributed by atoms with Gasteiger partial charge in [0.05, 0.1) is 25.6 Å². The van der Waals surface area contributed by atoms with Crippen LogP contribution in [0.3, 0.4) is 0 Å². The molecule has 2 aromatic heterocycles. The monoisotopic (exact) mass is 836 g/mol. The second-order valence-corrected chi connectivity index (χ2v) is 14.4. The van der Waals surface area contributed by atoms with E-state index in [2.05, 4.69) is 51.5 Å². The molecule has 0 saturated carbocycles. The smallest absolute Gasteiger partial charge is 0.343 e. The van der Waals surface area contributed by atoms with Gasteiger partial charge in [-0.15, -0.1) is 20.5 Å². The second-order valence-electron chi connectivity index (χ2n) is 11.7. The molecule has 0 aliphatic rings. The van der Waals surface area contributed by atoms with Crippen molar-refractivity contribution in [3.8, 4) is 11.5 Å². The Kier molecular flexibility index (Phi) is 11.1. The lowest BCUT2D eigenvalue weighted by molar-refractivity contribution is 0.0517. The van der Waals surface area contributed by atoms with Crippen LogP contribution in [0.2, 0.25) is 0 Å². The maximum absolute atomic E-state index is 13.0. The molecule has 4 aromatic carbocycles. The number of carbonyl (C=O) groups is 3. The highest BCUT2D eigenvalue weighted by Gasteiger charge is 2.25. The van der Waals surface area contributed by atoms with Gasteiger partial charge in [-0.05, 0) is 73.2 Å². The topological polar surface area (TPSA) is 350 Å². The first kappa shape index (κ1) is 40.3. The van der Waals surface area contributed by atoms with E-state index in [1.54, 1.807) is 13.8 Å². The fraction of sp³-hybridized carbons (Fsp3) is 0.121. The Morgan fingerprint density at radius 3 is 1.41 bits per heavy atom. The first-order valence-corrected chi connectivity index (χ1v) is 19.2. The fourth-order valence-corrected chi connectivity index (χ4v) is 6.68. The first-order chi connectivity index (χ1) is 27.5. The van der Waals surface area contributed by atoms with Gasteiger partial charge in [0.2, 0.25) is 0 Å². The van der Waals surface area contributed by atoms with Crippen molar-refractivity contribution >= 4 is 94.1 Å². The van der Waals surface area contributed by atoms with E-state index in [-0.39, 0.29) is 68.9 Å². The summed E-state index contributed by atoms with van der Waals surface area (Å²) in [5.74, 6) is -3.50. The zero-order chi connectivity index (χ0) is 41.9. The Morgan fingerprint density at radius 2 is 1.05 bits per heavy atom. The lowest BCUT2D eigenvalue weighted by Gasteiger charge is -2.13. The third-order valence-corrected chi connectivity index (χ3v) is 9.64. The van der Waals surface area contributed by atoms with Crippen LogP contribution in [-0.4, -0.2) is 87.7 Å². The molecule has 6 rings (SSSR count). The molecule has 2 amide bonds. The van der Waals surface area contributed by atoms with Crippen LogP contribution in [0.25, 0.3) is 21.5 Å². The molecule has 0 aliphatic carbocycles. The number of azo groups is 2. The maximum Gasteiger partial charge on any atom is 0.343 e. The fourth-order valence-electron chi connectivity index (χ4n) is 5.37. The summed E-state index contributed by atoms with van der Waals surface area (Å²) in [6.07, 6.45) is 2.21. The number of benzene rings is 4. The number of esters is 2. The number of urea groups is 1. The van der Waals surface area contributed by atoms with Gasteiger partial charge in [-0.25, -0.2) is 14.4 Å². The van der Waals surface area contributed by atoms with E-state index < -0.39 is 70.9 Å². The quantitative estimate of drug-likeness (QED) is 0.0388. The summed E-state index contributed by atoms with van der Waals surface area (Å²) in [5, 5.41) is 54.4. The van der Waals surface area contributed by atoms with E-state index in [0.29, 0.717) is 0 Å². The van der Waals surface area contributed by atoms with Crippen LogP contribution in [0.4, 0.5) is 39.2 Å². The number of hydrogen-bond donors (Lipinski definition) is 8. The summed E-state index contributed by atoms with van der Waals surface area (Å²) in [6, 6.07) is 8.90. The molecule has 6 aromatic rings. The van der Waals surface area contributed by atoms with Gasteiger partial charge in [-0.2, -0.15) is 27.0 Å². The summed E-state index contributed by atoms with van der Waals surface area (Å²) < 4.78 is 79.2. The summed E-state index contributed by atoms with van der Waals surface area (Å²) in [4.78, 5) is 35.6. The second kappa shape index (κ2) is 16.0. The Bertz CT molecular complexity index is 2730. The van der Waals surface area contributed by atoms with Gasteiger partial charge in [0.25, 0.3) is 20.2 Å². The number of carbonyl (C=O) groups excluding carboxylic acids is 3. The van der Waals surface area contributed by atoms with Gasteiger partial charge in [-0.1, -0.05) is 0 Å². The van der Waals surface area contributed by atoms with E-state index in [1.807, 2.05) is 0 Å². The molecule has 0 radical (unpaired) electrons. The van der Waals surface area contributed by atoms with Crippen LogP contribution < -0.4 is 10.6 Å². The molecule has 58 heavy (non-hydrogen) atoms. The number of phenolic OH excluding ortho intramolecular Hbond substituents is 2. The molecule has 2 heterocycles. The normalized spacial score (nSPS) is 12.1. The molecule has 0 aliphatic heterocycles. The molecule has 0 saturated heterocycles. The lowest BCUT2D eigenvalue weighted by atomic mass is 10.1. The molecule has 25 heteroatoms.